The summed E-state index contributed by atoms with van der Waals surface area (Å²) in [5.74, 6) is 0.0383. The number of thioether (sulfide) groups is 1. The van der Waals surface area contributed by atoms with Gasteiger partial charge in [-0.1, -0.05) is 31.2 Å². The van der Waals surface area contributed by atoms with Gasteiger partial charge in [-0.3, -0.25) is 10.2 Å². The summed E-state index contributed by atoms with van der Waals surface area (Å²) >= 11 is 3.21. The Labute approximate surface area is 173 Å². The van der Waals surface area contributed by atoms with Gasteiger partial charge in [0.25, 0.3) is 0 Å². The summed E-state index contributed by atoms with van der Waals surface area (Å²) in [7, 11) is 0. The van der Waals surface area contributed by atoms with Crippen molar-refractivity contribution in [3.8, 4) is 11.3 Å². The minimum atomic E-state index is 0.0383. The monoisotopic (exact) mass is 410 g/mol. The van der Waals surface area contributed by atoms with Crippen LogP contribution in [-0.4, -0.2) is 23.4 Å². The van der Waals surface area contributed by atoms with Crippen LogP contribution in [0.15, 0.2) is 63.9 Å². The summed E-state index contributed by atoms with van der Waals surface area (Å²) in [6, 6.07) is 15.9. The third kappa shape index (κ3) is 5.68. The van der Waals surface area contributed by atoms with Crippen LogP contribution in [0.4, 0.5) is 10.8 Å². The topological polar surface area (TPSA) is 66.4 Å². The van der Waals surface area contributed by atoms with E-state index in [2.05, 4.69) is 39.2 Å². The van der Waals surface area contributed by atoms with Crippen molar-refractivity contribution in [1.82, 2.24) is 4.98 Å². The first-order valence-corrected chi connectivity index (χ1v) is 11.1. The van der Waals surface area contributed by atoms with Gasteiger partial charge in [0.1, 0.15) is 0 Å². The molecule has 1 heterocycles. The molecule has 0 fully saturated rings. The van der Waals surface area contributed by atoms with Crippen LogP contribution in [0.25, 0.3) is 11.3 Å². The van der Waals surface area contributed by atoms with Crippen molar-refractivity contribution in [2.75, 3.05) is 17.0 Å². The van der Waals surface area contributed by atoms with Gasteiger partial charge in [0, 0.05) is 27.9 Å². The highest BCUT2D eigenvalue weighted by Gasteiger charge is 2.05. The lowest BCUT2D eigenvalue weighted by Crippen LogP contribution is -2.10. The number of benzene rings is 2. The smallest absolute Gasteiger partial charge is 0.224 e. The van der Waals surface area contributed by atoms with Gasteiger partial charge in [0.2, 0.25) is 11.0 Å². The fourth-order valence-electron chi connectivity index (χ4n) is 2.48. The molecule has 3 rings (SSSR count). The number of nitrogens with one attached hydrogen (secondary N) is 2. The Morgan fingerprint density at radius 1 is 1.18 bits per heavy atom. The number of carbonyl (C=O) groups excluding carboxylic acids is 1. The summed E-state index contributed by atoms with van der Waals surface area (Å²) in [6.45, 7) is 1.99. The van der Waals surface area contributed by atoms with Crippen molar-refractivity contribution in [3.63, 3.8) is 0 Å². The number of aromatic nitrogens is 1. The number of rotatable bonds is 8. The zero-order valence-electron chi connectivity index (χ0n) is 15.8. The summed E-state index contributed by atoms with van der Waals surface area (Å²) in [5.41, 5.74) is 6.68. The molecule has 1 aromatic heterocycles. The Morgan fingerprint density at radius 3 is 2.61 bits per heavy atom. The molecular formula is C21H22N4OS2. The third-order valence-corrected chi connectivity index (χ3v) is 5.43. The molecule has 0 unspecified atom stereocenters. The molecule has 3 aromatic rings. The highest BCUT2D eigenvalue weighted by atomic mass is 32.2. The molecule has 0 saturated carbocycles. The molecule has 2 aromatic carbocycles. The second-order valence-corrected chi connectivity index (χ2v) is 7.79. The zero-order chi connectivity index (χ0) is 19.8. The predicted molar refractivity (Wildman–Crippen MR) is 121 cm³/mol. The second kappa shape index (κ2) is 10.1. The van der Waals surface area contributed by atoms with Gasteiger partial charge in [0.05, 0.1) is 11.9 Å². The lowest BCUT2D eigenvalue weighted by atomic mass is 10.1. The lowest BCUT2D eigenvalue weighted by molar-refractivity contribution is -0.116. The number of thiazole rings is 1. The first-order valence-electron chi connectivity index (χ1n) is 8.97. The van der Waals surface area contributed by atoms with Crippen LogP contribution in [0.5, 0.6) is 0 Å². The molecular weight excluding hydrogens is 388 g/mol. The molecule has 0 radical (unpaired) electrons. The van der Waals surface area contributed by atoms with E-state index in [-0.39, 0.29) is 5.91 Å². The third-order valence-electron chi connectivity index (χ3n) is 3.94. The van der Waals surface area contributed by atoms with E-state index >= 15 is 0 Å². The highest BCUT2D eigenvalue weighted by Crippen LogP contribution is 2.26. The molecule has 0 aliphatic rings. The molecule has 0 saturated heterocycles. The van der Waals surface area contributed by atoms with E-state index in [4.69, 9.17) is 0 Å². The van der Waals surface area contributed by atoms with Crippen LogP contribution in [0.1, 0.15) is 25.3 Å². The number of anilines is 2. The van der Waals surface area contributed by atoms with Gasteiger partial charge in [-0.05, 0) is 42.5 Å². The van der Waals surface area contributed by atoms with Crippen molar-refractivity contribution in [2.45, 2.75) is 24.7 Å². The van der Waals surface area contributed by atoms with E-state index in [1.807, 2.05) is 48.7 Å². The Morgan fingerprint density at radius 2 is 1.93 bits per heavy atom. The molecule has 0 bridgehead atoms. The normalized spacial score (nSPS) is 10.9. The number of hydrazone groups is 1. The number of amides is 1. The molecule has 144 valence electrons. The van der Waals surface area contributed by atoms with Gasteiger partial charge in [0.15, 0.2) is 0 Å². The molecule has 2 N–H and O–H groups in total. The van der Waals surface area contributed by atoms with Crippen molar-refractivity contribution in [3.05, 3.63) is 59.5 Å². The van der Waals surface area contributed by atoms with E-state index in [1.165, 1.54) is 16.2 Å². The van der Waals surface area contributed by atoms with Crippen molar-refractivity contribution in [2.24, 2.45) is 5.10 Å². The molecule has 0 aliphatic heterocycles. The van der Waals surface area contributed by atoms with E-state index in [0.717, 1.165) is 34.1 Å². The van der Waals surface area contributed by atoms with Crippen LogP contribution in [0.2, 0.25) is 0 Å². The summed E-state index contributed by atoms with van der Waals surface area (Å²) < 4.78 is 0. The van der Waals surface area contributed by atoms with Gasteiger partial charge in [-0.25, -0.2) is 4.98 Å². The van der Waals surface area contributed by atoms with Crippen LogP contribution < -0.4 is 10.7 Å². The summed E-state index contributed by atoms with van der Waals surface area (Å²) in [6.07, 6.45) is 5.20. The maximum atomic E-state index is 11.7. The highest BCUT2D eigenvalue weighted by molar-refractivity contribution is 7.98. The maximum absolute atomic E-state index is 11.7. The van der Waals surface area contributed by atoms with Gasteiger partial charge < -0.3 is 5.32 Å². The van der Waals surface area contributed by atoms with Gasteiger partial charge in [-0.2, -0.15) is 5.10 Å². The summed E-state index contributed by atoms with van der Waals surface area (Å²) in [4.78, 5) is 17.5. The predicted octanol–water partition coefficient (Wildman–Crippen LogP) is 5.72. The van der Waals surface area contributed by atoms with Gasteiger partial charge >= 0.3 is 0 Å². The molecule has 7 heteroatoms. The second-order valence-electron chi connectivity index (χ2n) is 6.06. The summed E-state index contributed by atoms with van der Waals surface area (Å²) in [5, 5.41) is 9.86. The lowest BCUT2D eigenvalue weighted by Gasteiger charge is -2.04. The Hall–Kier alpha value is -2.64. The quantitative estimate of drug-likeness (QED) is 0.283. The van der Waals surface area contributed by atoms with E-state index in [0.29, 0.717) is 6.42 Å². The molecule has 0 spiro atoms. The minimum absolute atomic E-state index is 0.0383. The minimum Gasteiger partial charge on any atom is -0.326 e. The number of hydrogen-bond acceptors (Lipinski definition) is 6. The van der Waals surface area contributed by atoms with Crippen LogP contribution in [0, 0.1) is 0 Å². The maximum Gasteiger partial charge on any atom is 0.224 e. The van der Waals surface area contributed by atoms with Gasteiger partial charge in [-0.15, -0.1) is 23.1 Å². The van der Waals surface area contributed by atoms with E-state index in [9.17, 15) is 4.79 Å². The standard InChI is InChI=1S/C21H22N4OS2/c1-3-4-20(26)23-17-9-7-16(8-10-17)19-14-28-21(24-19)25-22-13-15-5-11-18(27-2)12-6-15/h5-14H,3-4H2,1-2H3,(H,23,26)(H,24,25)/b22-13+. The first-order chi connectivity index (χ1) is 13.7. The molecule has 0 aliphatic carbocycles. The molecule has 5 nitrogen and oxygen atoms in total. The average Bonchev–Trinajstić information content (AvgIpc) is 3.18. The first kappa shape index (κ1) is 20.1. The number of carbonyl (C=O) groups is 1. The van der Waals surface area contributed by atoms with Crippen LogP contribution in [-0.2, 0) is 4.79 Å². The van der Waals surface area contributed by atoms with Crippen LogP contribution >= 0.6 is 23.1 Å². The van der Waals surface area contributed by atoms with E-state index < -0.39 is 0 Å². The number of hydrogen-bond donors (Lipinski definition) is 2. The van der Waals surface area contributed by atoms with Crippen molar-refractivity contribution < 1.29 is 4.79 Å². The molecule has 0 atom stereocenters. The fourth-order valence-corrected chi connectivity index (χ4v) is 3.56. The molecule has 1 amide bonds. The number of nitrogens with zero attached hydrogens (tertiary/aromatic N) is 2. The van der Waals surface area contributed by atoms with Crippen LogP contribution in [0.3, 0.4) is 0 Å². The van der Waals surface area contributed by atoms with E-state index in [1.54, 1.807) is 18.0 Å². The average molecular weight is 411 g/mol. The Kier molecular flexibility index (Phi) is 7.22. The fraction of sp³-hybridized carbons (Fsp3) is 0.190. The molecule has 28 heavy (non-hydrogen) atoms. The largest absolute Gasteiger partial charge is 0.326 e. The van der Waals surface area contributed by atoms with Crippen molar-refractivity contribution >= 4 is 46.0 Å². The Bertz CT molecular complexity index is 934. The van der Waals surface area contributed by atoms with Crippen molar-refractivity contribution in [1.29, 1.82) is 0 Å². The zero-order valence-corrected chi connectivity index (χ0v) is 17.4. The Balaban J connectivity index is 1.58. The SMILES string of the molecule is CCCC(=O)Nc1ccc(-c2csc(N/N=C/c3ccc(SC)cc3)n2)cc1.